The molecule has 0 saturated heterocycles. The molecule has 0 spiro atoms. The van der Waals surface area contributed by atoms with Crippen LogP contribution in [0, 0.1) is 5.82 Å². The van der Waals surface area contributed by atoms with Crippen LogP contribution in [0.3, 0.4) is 0 Å². The summed E-state index contributed by atoms with van der Waals surface area (Å²) in [4.78, 5) is 28.5. The molecule has 0 aliphatic rings. The number of amides is 2. The first-order valence-electron chi connectivity index (χ1n) is 12.6. The summed E-state index contributed by atoms with van der Waals surface area (Å²) in [6.07, 6.45) is 0.236. The van der Waals surface area contributed by atoms with Crippen molar-refractivity contribution in [3.05, 3.63) is 94.2 Å². The normalized spacial score (nSPS) is 12.5. The number of sulfonamides is 1. The van der Waals surface area contributed by atoms with Crippen LogP contribution in [0.25, 0.3) is 0 Å². The van der Waals surface area contributed by atoms with Gasteiger partial charge in [0.1, 0.15) is 18.4 Å². The third-order valence-electron chi connectivity index (χ3n) is 5.95. The van der Waals surface area contributed by atoms with E-state index in [1.54, 1.807) is 31.2 Å². The Balaban J connectivity index is 2.09. The maximum absolute atomic E-state index is 15.0. The van der Waals surface area contributed by atoms with E-state index in [1.807, 2.05) is 20.8 Å². The van der Waals surface area contributed by atoms with E-state index in [9.17, 15) is 22.4 Å². The highest BCUT2D eigenvalue weighted by Crippen LogP contribution is 2.28. The number of carbonyl (C=O) groups is 2. The Morgan fingerprint density at radius 3 is 2.15 bits per heavy atom. The van der Waals surface area contributed by atoms with Gasteiger partial charge in [-0.25, -0.2) is 12.8 Å². The van der Waals surface area contributed by atoms with Crippen molar-refractivity contribution < 1.29 is 22.4 Å². The van der Waals surface area contributed by atoms with Gasteiger partial charge in [0.05, 0.1) is 20.6 Å². The Morgan fingerprint density at radius 2 is 1.57 bits per heavy atom. The highest BCUT2D eigenvalue weighted by atomic mass is 35.5. The third kappa shape index (κ3) is 7.74. The summed E-state index contributed by atoms with van der Waals surface area (Å²) in [5.74, 6) is -1.93. The van der Waals surface area contributed by atoms with Gasteiger partial charge in [-0.3, -0.25) is 13.9 Å². The van der Waals surface area contributed by atoms with Crippen LogP contribution in [0.1, 0.15) is 39.7 Å². The molecule has 40 heavy (non-hydrogen) atoms. The summed E-state index contributed by atoms with van der Waals surface area (Å²) >= 11 is 12.3. The lowest BCUT2D eigenvalue weighted by molar-refractivity contribution is -0.141. The molecular formula is C29H32Cl2FN3O4S. The largest absolute Gasteiger partial charge is 0.350 e. The Bertz CT molecular complexity index is 1460. The van der Waals surface area contributed by atoms with Crippen molar-refractivity contribution in [3.8, 4) is 0 Å². The molecule has 3 rings (SSSR count). The van der Waals surface area contributed by atoms with E-state index in [-0.39, 0.29) is 28.6 Å². The van der Waals surface area contributed by atoms with E-state index in [4.69, 9.17) is 23.2 Å². The van der Waals surface area contributed by atoms with E-state index in [0.717, 1.165) is 10.4 Å². The monoisotopic (exact) mass is 607 g/mol. The lowest BCUT2D eigenvalue weighted by atomic mass is 10.1. The van der Waals surface area contributed by atoms with Gasteiger partial charge in [0, 0.05) is 12.1 Å². The minimum Gasteiger partial charge on any atom is -0.350 e. The van der Waals surface area contributed by atoms with E-state index in [0.29, 0.717) is 10.6 Å². The first-order chi connectivity index (χ1) is 18.7. The molecule has 0 fully saturated rings. The Hall–Kier alpha value is -3.14. The summed E-state index contributed by atoms with van der Waals surface area (Å²) < 4.78 is 43.2. The molecule has 1 N–H and O–H groups in total. The molecule has 1 atom stereocenters. The van der Waals surface area contributed by atoms with Gasteiger partial charge < -0.3 is 10.2 Å². The van der Waals surface area contributed by atoms with Crippen LogP contribution < -0.4 is 9.62 Å². The van der Waals surface area contributed by atoms with Gasteiger partial charge in [-0.15, -0.1) is 0 Å². The second-order valence-electron chi connectivity index (χ2n) is 10.2. The van der Waals surface area contributed by atoms with Gasteiger partial charge in [-0.05, 0) is 69.2 Å². The molecule has 2 amide bonds. The average Bonchev–Trinajstić information content (AvgIpc) is 2.89. The van der Waals surface area contributed by atoms with Crippen molar-refractivity contribution in [1.29, 1.82) is 0 Å². The predicted octanol–water partition coefficient (Wildman–Crippen LogP) is 6.05. The van der Waals surface area contributed by atoms with Gasteiger partial charge in [0.2, 0.25) is 11.8 Å². The number of benzene rings is 3. The minimum atomic E-state index is -4.37. The lowest BCUT2D eigenvalue weighted by Gasteiger charge is -2.34. The van der Waals surface area contributed by atoms with Gasteiger partial charge in [0.15, 0.2) is 0 Å². The number of carbonyl (C=O) groups excluding carboxylic acids is 2. The zero-order chi connectivity index (χ0) is 29.7. The van der Waals surface area contributed by atoms with Crippen LogP contribution >= 0.6 is 23.2 Å². The number of nitrogens with one attached hydrogen (secondary N) is 1. The van der Waals surface area contributed by atoms with Crippen molar-refractivity contribution in [1.82, 2.24) is 10.2 Å². The van der Waals surface area contributed by atoms with Crippen molar-refractivity contribution in [2.75, 3.05) is 10.8 Å². The fourth-order valence-electron chi connectivity index (χ4n) is 4.09. The molecule has 0 saturated carbocycles. The molecule has 0 unspecified atom stereocenters. The second kappa shape index (κ2) is 13.0. The van der Waals surface area contributed by atoms with E-state index in [2.05, 4.69) is 5.32 Å². The first-order valence-corrected chi connectivity index (χ1v) is 14.8. The quantitative estimate of drug-likeness (QED) is 0.304. The molecule has 3 aromatic carbocycles. The summed E-state index contributed by atoms with van der Waals surface area (Å²) in [6.45, 7) is 6.37. The zero-order valence-corrected chi connectivity index (χ0v) is 25.0. The number of para-hydroxylation sites is 1. The van der Waals surface area contributed by atoms with Crippen molar-refractivity contribution in [3.63, 3.8) is 0 Å². The third-order valence-corrected chi connectivity index (χ3v) is 8.47. The maximum Gasteiger partial charge on any atom is 0.264 e. The van der Waals surface area contributed by atoms with E-state index < -0.39 is 45.8 Å². The Morgan fingerprint density at radius 1 is 0.950 bits per heavy atom. The predicted molar refractivity (Wildman–Crippen MR) is 156 cm³/mol. The van der Waals surface area contributed by atoms with Crippen LogP contribution in [-0.2, 0) is 26.2 Å². The van der Waals surface area contributed by atoms with Crippen LogP contribution in [0.2, 0.25) is 10.0 Å². The number of nitrogens with zero attached hydrogens (tertiary/aromatic N) is 2. The lowest BCUT2D eigenvalue weighted by Crippen LogP contribution is -2.55. The molecular weight excluding hydrogens is 576 g/mol. The standard InChI is InChI=1S/C29H32Cl2FN3O4S/c1-5-25(28(37)33-29(2,3)4)34(18-20-15-16-22(30)23(31)17-20)27(36)19-35(26-14-10-9-13-24(26)32)40(38,39)21-11-7-6-8-12-21/h6-17,25H,5,18-19H2,1-4H3,(H,33,37)/t25-/m0/s1. The average molecular weight is 609 g/mol. The van der Waals surface area contributed by atoms with Gasteiger partial charge in [-0.2, -0.15) is 0 Å². The minimum absolute atomic E-state index is 0.0672. The van der Waals surface area contributed by atoms with Crippen molar-refractivity contribution in [2.24, 2.45) is 0 Å². The SMILES string of the molecule is CC[C@@H](C(=O)NC(C)(C)C)N(Cc1ccc(Cl)c(Cl)c1)C(=O)CN(c1ccccc1F)S(=O)(=O)c1ccccc1. The highest BCUT2D eigenvalue weighted by molar-refractivity contribution is 7.92. The topological polar surface area (TPSA) is 86.8 Å². The Labute approximate surface area is 244 Å². The Kier molecular flexibility index (Phi) is 10.2. The van der Waals surface area contributed by atoms with Gasteiger partial charge >= 0.3 is 0 Å². The van der Waals surface area contributed by atoms with Gasteiger partial charge in [-0.1, -0.05) is 66.5 Å². The molecule has 11 heteroatoms. The number of anilines is 1. The van der Waals surface area contributed by atoms with Crippen LogP contribution in [0.4, 0.5) is 10.1 Å². The van der Waals surface area contributed by atoms with Crippen molar-refractivity contribution in [2.45, 2.75) is 57.1 Å². The number of hydrogen-bond donors (Lipinski definition) is 1. The molecule has 0 heterocycles. The molecule has 0 aliphatic heterocycles. The second-order valence-corrected chi connectivity index (χ2v) is 12.9. The number of halogens is 3. The molecule has 7 nitrogen and oxygen atoms in total. The fraction of sp³-hybridized carbons (Fsp3) is 0.310. The zero-order valence-electron chi connectivity index (χ0n) is 22.7. The van der Waals surface area contributed by atoms with Crippen LogP contribution in [0.5, 0.6) is 0 Å². The summed E-state index contributed by atoms with van der Waals surface area (Å²) in [6, 6.07) is 16.6. The van der Waals surface area contributed by atoms with Crippen LogP contribution in [-0.4, -0.2) is 43.3 Å². The molecule has 3 aromatic rings. The smallest absolute Gasteiger partial charge is 0.264 e. The summed E-state index contributed by atoms with van der Waals surface area (Å²) in [7, 11) is -4.37. The number of rotatable bonds is 10. The highest BCUT2D eigenvalue weighted by Gasteiger charge is 2.35. The molecule has 0 aromatic heterocycles. The molecule has 214 valence electrons. The number of hydrogen-bond acceptors (Lipinski definition) is 4. The van der Waals surface area contributed by atoms with Gasteiger partial charge in [0.25, 0.3) is 10.0 Å². The first kappa shape index (κ1) is 31.4. The molecule has 0 radical (unpaired) electrons. The molecule has 0 bridgehead atoms. The summed E-state index contributed by atoms with van der Waals surface area (Å²) in [5, 5.41) is 3.47. The maximum atomic E-state index is 15.0. The van der Waals surface area contributed by atoms with E-state index in [1.165, 1.54) is 47.4 Å². The van der Waals surface area contributed by atoms with Crippen LogP contribution in [0.15, 0.2) is 77.7 Å². The fourth-order valence-corrected chi connectivity index (χ4v) is 5.86. The van der Waals surface area contributed by atoms with E-state index >= 15 is 0 Å². The summed E-state index contributed by atoms with van der Waals surface area (Å²) in [5.41, 5.74) is -0.298. The van der Waals surface area contributed by atoms with Crippen molar-refractivity contribution >= 4 is 50.7 Å². The molecule has 0 aliphatic carbocycles.